The molecule has 0 heterocycles. The summed E-state index contributed by atoms with van der Waals surface area (Å²) < 4.78 is 0. The first-order valence-electron chi connectivity index (χ1n) is 9.83. The third-order valence-corrected chi connectivity index (χ3v) is 5.40. The molecule has 3 heteroatoms. The van der Waals surface area contributed by atoms with Crippen molar-refractivity contribution >= 4 is 17.5 Å². The first-order valence-corrected chi connectivity index (χ1v) is 9.83. The van der Waals surface area contributed by atoms with E-state index in [0.717, 1.165) is 33.6 Å². The zero-order chi connectivity index (χ0) is 21.0. The zero-order valence-corrected chi connectivity index (χ0v) is 17.8. The van der Waals surface area contributed by atoms with Crippen molar-refractivity contribution in [2.45, 2.75) is 12.0 Å². The van der Waals surface area contributed by atoms with Crippen molar-refractivity contribution in [3.8, 4) is 0 Å². The minimum absolute atomic E-state index is 0.493. The third kappa shape index (κ3) is 4.52. The lowest BCUT2D eigenvalue weighted by molar-refractivity contribution is 0.0811. The van der Waals surface area contributed by atoms with E-state index in [1.165, 1.54) is 0 Å². The Morgan fingerprint density at radius 1 is 0.724 bits per heavy atom. The molecule has 3 aromatic carbocycles. The molecule has 0 saturated heterocycles. The van der Waals surface area contributed by atoms with E-state index >= 15 is 0 Å². The van der Waals surface area contributed by atoms with Crippen LogP contribution in [0.1, 0.15) is 22.3 Å². The standard InChI is InChI=1S/C26H30N2O/c1-6-20-7-9-21(10-8-20)19-26(29,22-11-15-24(16-12-22)27(2)3)23-13-17-25(18-14-23)28(4)5/h6-18,29H,1,19H2,2-5H3. The van der Waals surface area contributed by atoms with E-state index in [0.29, 0.717) is 6.42 Å². The minimum atomic E-state index is -1.12. The predicted octanol–water partition coefficient (Wildman–Crippen LogP) is 4.94. The molecular weight excluding hydrogens is 356 g/mol. The summed E-state index contributed by atoms with van der Waals surface area (Å²) in [6, 6.07) is 24.5. The maximum absolute atomic E-state index is 11.9. The summed E-state index contributed by atoms with van der Waals surface area (Å²) in [7, 11) is 8.06. The van der Waals surface area contributed by atoms with Gasteiger partial charge in [0.05, 0.1) is 0 Å². The second-order valence-corrected chi connectivity index (χ2v) is 7.87. The molecule has 0 amide bonds. The Kier molecular flexibility index (Phi) is 6.09. The van der Waals surface area contributed by atoms with Crippen LogP contribution in [0.2, 0.25) is 0 Å². The fourth-order valence-corrected chi connectivity index (χ4v) is 3.51. The summed E-state index contributed by atoms with van der Waals surface area (Å²) in [5.41, 5.74) is 5.01. The Bertz CT molecular complexity index is 888. The molecule has 29 heavy (non-hydrogen) atoms. The average Bonchev–Trinajstić information content (AvgIpc) is 2.74. The molecule has 0 aromatic heterocycles. The van der Waals surface area contributed by atoms with Gasteiger partial charge in [-0.05, 0) is 46.5 Å². The number of rotatable bonds is 7. The molecule has 0 spiro atoms. The van der Waals surface area contributed by atoms with Crippen molar-refractivity contribution in [3.63, 3.8) is 0 Å². The number of nitrogens with zero attached hydrogens (tertiary/aromatic N) is 2. The molecule has 0 fully saturated rings. The first-order chi connectivity index (χ1) is 13.8. The van der Waals surface area contributed by atoms with Crippen molar-refractivity contribution in [2.24, 2.45) is 0 Å². The molecule has 1 N–H and O–H groups in total. The Morgan fingerprint density at radius 2 is 1.14 bits per heavy atom. The first kappa shape index (κ1) is 20.7. The quantitative estimate of drug-likeness (QED) is 0.623. The van der Waals surface area contributed by atoms with Gasteiger partial charge in [-0.25, -0.2) is 0 Å². The SMILES string of the molecule is C=Cc1ccc(CC(O)(c2ccc(N(C)C)cc2)c2ccc(N(C)C)cc2)cc1. The highest BCUT2D eigenvalue weighted by atomic mass is 16.3. The van der Waals surface area contributed by atoms with E-state index in [1.54, 1.807) is 0 Å². The molecule has 3 aromatic rings. The molecule has 150 valence electrons. The van der Waals surface area contributed by atoms with Crippen molar-refractivity contribution in [1.82, 2.24) is 0 Å². The zero-order valence-electron chi connectivity index (χ0n) is 17.8. The van der Waals surface area contributed by atoms with Crippen LogP contribution >= 0.6 is 0 Å². The van der Waals surface area contributed by atoms with Gasteiger partial charge in [0.25, 0.3) is 0 Å². The summed E-state index contributed by atoms with van der Waals surface area (Å²) in [5, 5.41) is 11.9. The summed E-state index contributed by atoms with van der Waals surface area (Å²) in [5.74, 6) is 0. The van der Waals surface area contributed by atoms with Crippen molar-refractivity contribution in [3.05, 3.63) is 102 Å². The number of anilines is 2. The normalized spacial score (nSPS) is 11.2. The number of aliphatic hydroxyl groups is 1. The van der Waals surface area contributed by atoms with E-state index < -0.39 is 5.60 Å². The molecule has 0 aliphatic carbocycles. The summed E-state index contributed by atoms with van der Waals surface area (Å²) in [4.78, 5) is 4.12. The number of hydrogen-bond acceptors (Lipinski definition) is 3. The molecule has 0 aliphatic rings. The van der Waals surface area contributed by atoms with E-state index in [2.05, 4.69) is 52.8 Å². The van der Waals surface area contributed by atoms with Crippen molar-refractivity contribution < 1.29 is 5.11 Å². The Hall–Kier alpha value is -3.04. The largest absolute Gasteiger partial charge is 0.380 e. The monoisotopic (exact) mass is 386 g/mol. The maximum Gasteiger partial charge on any atom is 0.119 e. The lowest BCUT2D eigenvalue weighted by atomic mass is 9.81. The highest BCUT2D eigenvalue weighted by molar-refractivity contribution is 5.53. The van der Waals surface area contributed by atoms with Gasteiger partial charge >= 0.3 is 0 Å². The van der Waals surface area contributed by atoms with E-state index in [1.807, 2.05) is 70.7 Å². The lowest BCUT2D eigenvalue weighted by Gasteiger charge is -2.31. The van der Waals surface area contributed by atoms with Gasteiger partial charge in [-0.1, -0.05) is 61.2 Å². The molecule has 3 rings (SSSR count). The molecule has 0 saturated carbocycles. The van der Waals surface area contributed by atoms with Gasteiger partial charge in [-0.2, -0.15) is 0 Å². The van der Waals surface area contributed by atoms with Crippen molar-refractivity contribution in [1.29, 1.82) is 0 Å². The Morgan fingerprint density at radius 3 is 1.48 bits per heavy atom. The Labute approximate surface area is 174 Å². The summed E-state index contributed by atoms with van der Waals surface area (Å²) in [6.07, 6.45) is 2.32. The van der Waals surface area contributed by atoms with Gasteiger partial charge in [-0.3, -0.25) is 0 Å². The van der Waals surface area contributed by atoms with E-state index in [4.69, 9.17) is 0 Å². The van der Waals surface area contributed by atoms with Gasteiger partial charge in [0, 0.05) is 46.0 Å². The second-order valence-electron chi connectivity index (χ2n) is 7.87. The van der Waals surface area contributed by atoms with Crippen LogP contribution < -0.4 is 9.80 Å². The van der Waals surface area contributed by atoms with Gasteiger partial charge in [0.2, 0.25) is 0 Å². The molecule has 3 nitrogen and oxygen atoms in total. The molecule has 0 aliphatic heterocycles. The van der Waals surface area contributed by atoms with Gasteiger partial charge in [0.1, 0.15) is 5.60 Å². The highest BCUT2D eigenvalue weighted by Crippen LogP contribution is 2.35. The van der Waals surface area contributed by atoms with Crippen LogP contribution in [-0.2, 0) is 12.0 Å². The molecule has 0 radical (unpaired) electrons. The lowest BCUT2D eigenvalue weighted by Crippen LogP contribution is -2.30. The summed E-state index contributed by atoms with van der Waals surface area (Å²) >= 11 is 0. The molecule has 0 atom stereocenters. The van der Waals surface area contributed by atoms with E-state index in [9.17, 15) is 5.11 Å². The molecule has 0 bridgehead atoms. The summed E-state index contributed by atoms with van der Waals surface area (Å²) in [6.45, 7) is 3.82. The number of benzene rings is 3. The fraction of sp³-hybridized carbons (Fsp3) is 0.231. The maximum atomic E-state index is 11.9. The van der Waals surface area contributed by atoms with Crippen molar-refractivity contribution in [2.75, 3.05) is 38.0 Å². The molecular formula is C26H30N2O. The van der Waals surface area contributed by atoms with E-state index in [-0.39, 0.29) is 0 Å². The molecule has 0 unspecified atom stereocenters. The van der Waals surface area contributed by atoms with Gasteiger partial charge < -0.3 is 14.9 Å². The van der Waals surface area contributed by atoms with Crippen LogP contribution in [0.4, 0.5) is 11.4 Å². The predicted molar refractivity (Wildman–Crippen MR) is 125 cm³/mol. The van der Waals surface area contributed by atoms with Gasteiger partial charge in [0.15, 0.2) is 0 Å². The van der Waals surface area contributed by atoms with Crippen LogP contribution in [-0.4, -0.2) is 33.3 Å². The minimum Gasteiger partial charge on any atom is -0.380 e. The van der Waals surface area contributed by atoms with Crippen LogP contribution in [0.5, 0.6) is 0 Å². The highest BCUT2D eigenvalue weighted by Gasteiger charge is 2.32. The fourth-order valence-electron chi connectivity index (χ4n) is 3.51. The smallest absolute Gasteiger partial charge is 0.119 e. The van der Waals surface area contributed by atoms with Crippen LogP contribution in [0, 0.1) is 0 Å². The van der Waals surface area contributed by atoms with Crippen LogP contribution in [0.15, 0.2) is 79.4 Å². The second kappa shape index (κ2) is 8.54. The third-order valence-electron chi connectivity index (χ3n) is 5.40. The van der Waals surface area contributed by atoms with Gasteiger partial charge in [-0.15, -0.1) is 0 Å². The number of hydrogen-bond donors (Lipinski definition) is 1. The topological polar surface area (TPSA) is 26.7 Å². The Balaban J connectivity index is 2.04. The van der Waals surface area contributed by atoms with Crippen LogP contribution in [0.3, 0.4) is 0 Å². The average molecular weight is 387 g/mol. The van der Waals surface area contributed by atoms with Crippen LogP contribution in [0.25, 0.3) is 6.08 Å².